The maximum absolute atomic E-state index is 12.9. The van der Waals surface area contributed by atoms with Gasteiger partial charge in [0.05, 0.1) is 10.6 Å². The van der Waals surface area contributed by atoms with E-state index in [1.54, 1.807) is 18.3 Å². The van der Waals surface area contributed by atoms with Gasteiger partial charge in [-0.3, -0.25) is 0 Å². The Balaban J connectivity index is 2.06. The molecule has 0 fully saturated rings. The Labute approximate surface area is 146 Å². The van der Waals surface area contributed by atoms with E-state index in [1.807, 2.05) is 11.4 Å². The Bertz CT molecular complexity index is 877. The van der Waals surface area contributed by atoms with Crippen LogP contribution in [0.5, 0.6) is 0 Å². The Morgan fingerprint density at radius 3 is 2.67 bits per heavy atom. The third-order valence-electron chi connectivity index (χ3n) is 4.07. The molecule has 0 N–H and O–H groups in total. The molecule has 1 aromatic carbocycles. The minimum atomic E-state index is -4.64. The molecular formula is C15H13ClF3NO2S2. The van der Waals surface area contributed by atoms with Crippen molar-refractivity contribution in [2.45, 2.75) is 30.5 Å². The highest BCUT2D eigenvalue weighted by atomic mass is 35.5. The van der Waals surface area contributed by atoms with E-state index >= 15 is 0 Å². The van der Waals surface area contributed by atoms with Crippen LogP contribution in [0, 0.1) is 0 Å². The van der Waals surface area contributed by atoms with Gasteiger partial charge < -0.3 is 0 Å². The van der Waals surface area contributed by atoms with Crippen LogP contribution in [0.25, 0.3) is 0 Å². The summed E-state index contributed by atoms with van der Waals surface area (Å²) in [5.74, 6) is 0. The number of fused-ring (bicyclic) bond motifs is 1. The van der Waals surface area contributed by atoms with E-state index < -0.39 is 32.7 Å². The number of benzene rings is 1. The molecule has 0 amide bonds. The predicted octanol–water partition coefficient (Wildman–Crippen LogP) is 4.73. The van der Waals surface area contributed by atoms with Gasteiger partial charge in [0.2, 0.25) is 10.0 Å². The summed E-state index contributed by atoms with van der Waals surface area (Å²) in [4.78, 5) is 0.591. The second-order valence-corrected chi connectivity index (χ2v) is 8.75. The molecule has 0 aliphatic carbocycles. The van der Waals surface area contributed by atoms with Crippen molar-refractivity contribution < 1.29 is 21.6 Å². The van der Waals surface area contributed by atoms with E-state index in [0.717, 1.165) is 22.6 Å². The molecule has 1 aromatic heterocycles. The van der Waals surface area contributed by atoms with Gasteiger partial charge in [-0.1, -0.05) is 11.6 Å². The molecule has 0 saturated carbocycles. The smallest absolute Gasteiger partial charge is 0.207 e. The molecule has 0 bridgehead atoms. The lowest BCUT2D eigenvalue weighted by atomic mass is 10.0. The maximum Gasteiger partial charge on any atom is 0.416 e. The number of thiophene rings is 1. The van der Waals surface area contributed by atoms with E-state index in [9.17, 15) is 21.6 Å². The summed E-state index contributed by atoms with van der Waals surface area (Å²) >= 11 is 7.46. The molecule has 130 valence electrons. The number of rotatable bonds is 2. The Hall–Kier alpha value is -1.09. The predicted molar refractivity (Wildman–Crippen MR) is 86.8 cm³/mol. The van der Waals surface area contributed by atoms with E-state index in [0.29, 0.717) is 12.5 Å². The summed E-state index contributed by atoms with van der Waals surface area (Å²) in [6.07, 6.45) is -4.10. The molecule has 3 nitrogen and oxygen atoms in total. The fourth-order valence-electron chi connectivity index (χ4n) is 2.82. The molecule has 1 aliphatic heterocycles. The first kappa shape index (κ1) is 17.7. The van der Waals surface area contributed by atoms with Crippen molar-refractivity contribution in [2.75, 3.05) is 6.54 Å². The number of alkyl halides is 3. The van der Waals surface area contributed by atoms with Crippen LogP contribution in [0.3, 0.4) is 0 Å². The summed E-state index contributed by atoms with van der Waals surface area (Å²) in [6, 6.07) is 3.75. The molecule has 2 aromatic rings. The van der Waals surface area contributed by atoms with Gasteiger partial charge in [0.1, 0.15) is 4.90 Å². The van der Waals surface area contributed by atoms with Gasteiger partial charge in [-0.15, -0.1) is 11.3 Å². The third kappa shape index (κ3) is 2.96. The fraction of sp³-hybridized carbons (Fsp3) is 0.333. The molecular weight excluding hydrogens is 383 g/mol. The molecule has 1 unspecified atom stereocenters. The van der Waals surface area contributed by atoms with Crippen LogP contribution < -0.4 is 0 Å². The van der Waals surface area contributed by atoms with Gasteiger partial charge in [-0.05, 0) is 48.6 Å². The summed E-state index contributed by atoms with van der Waals surface area (Å²) in [5, 5.41) is 1.67. The normalized spacial score (nSPS) is 19.3. The van der Waals surface area contributed by atoms with Gasteiger partial charge in [-0.25, -0.2) is 8.42 Å². The van der Waals surface area contributed by atoms with E-state index in [2.05, 4.69) is 0 Å². The highest BCUT2D eigenvalue weighted by Crippen LogP contribution is 2.39. The number of sulfonamides is 1. The lowest BCUT2D eigenvalue weighted by molar-refractivity contribution is -0.137. The standard InChI is InChI=1S/C15H13ClF3NO2S2/c1-9-11-5-7-23-13(11)4-6-20(9)24(21,22)14-8-10(15(17,18)19)2-3-12(14)16/h2-3,5,7-9H,4,6H2,1H3. The molecule has 3 rings (SSSR count). The average molecular weight is 396 g/mol. The van der Waals surface area contributed by atoms with Crippen LogP contribution in [0.4, 0.5) is 13.2 Å². The maximum atomic E-state index is 12.9. The van der Waals surface area contributed by atoms with Crippen molar-refractivity contribution in [3.05, 3.63) is 50.7 Å². The minimum Gasteiger partial charge on any atom is -0.207 e. The SMILES string of the molecule is CC1c2ccsc2CCN1S(=O)(=O)c1cc(C(F)(F)F)ccc1Cl. The van der Waals surface area contributed by atoms with Gasteiger partial charge in [0.25, 0.3) is 0 Å². The topological polar surface area (TPSA) is 37.4 Å². The number of nitrogens with zero attached hydrogens (tertiary/aromatic N) is 1. The van der Waals surface area contributed by atoms with Crippen molar-refractivity contribution in [1.29, 1.82) is 0 Å². The van der Waals surface area contributed by atoms with E-state index in [-0.39, 0.29) is 11.6 Å². The number of hydrogen-bond donors (Lipinski definition) is 0. The zero-order valence-corrected chi connectivity index (χ0v) is 14.9. The van der Waals surface area contributed by atoms with Crippen LogP contribution in [-0.2, 0) is 22.6 Å². The van der Waals surface area contributed by atoms with Crippen molar-refractivity contribution in [3.8, 4) is 0 Å². The molecule has 0 spiro atoms. The molecule has 1 aliphatic rings. The Morgan fingerprint density at radius 2 is 2.00 bits per heavy atom. The summed E-state index contributed by atoms with van der Waals surface area (Å²) in [6.45, 7) is 1.94. The molecule has 0 saturated heterocycles. The first-order chi connectivity index (χ1) is 11.1. The van der Waals surface area contributed by atoms with Gasteiger partial charge in [0.15, 0.2) is 0 Å². The fourth-order valence-corrected chi connectivity index (χ4v) is 5.90. The monoisotopic (exact) mass is 395 g/mol. The Morgan fingerprint density at radius 1 is 1.29 bits per heavy atom. The van der Waals surface area contributed by atoms with Crippen molar-refractivity contribution in [1.82, 2.24) is 4.31 Å². The molecule has 24 heavy (non-hydrogen) atoms. The largest absolute Gasteiger partial charge is 0.416 e. The van der Waals surface area contributed by atoms with Crippen molar-refractivity contribution >= 4 is 33.0 Å². The summed E-state index contributed by atoms with van der Waals surface area (Å²) in [5.41, 5.74) is -0.149. The first-order valence-electron chi connectivity index (χ1n) is 7.07. The van der Waals surface area contributed by atoms with Crippen LogP contribution in [0.15, 0.2) is 34.5 Å². The van der Waals surface area contributed by atoms with E-state index in [1.165, 1.54) is 4.31 Å². The van der Waals surface area contributed by atoms with Crippen LogP contribution >= 0.6 is 22.9 Å². The van der Waals surface area contributed by atoms with Crippen molar-refractivity contribution in [2.24, 2.45) is 0 Å². The molecule has 1 atom stereocenters. The van der Waals surface area contributed by atoms with Crippen LogP contribution in [0.2, 0.25) is 5.02 Å². The summed E-state index contributed by atoms with van der Waals surface area (Å²) < 4.78 is 65.8. The van der Waals surface area contributed by atoms with Crippen molar-refractivity contribution in [3.63, 3.8) is 0 Å². The van der Waals surface area contributed by atoms with Crippen LogP contribution in [-0.4, -0.2) is 19.3 Å². The second kappa shape index (κ2) is 6.01. The number of halogens is 4. The highest BCUT2D eigenvalue weighted by Gasteiger charge is 2.38. The zero-order valence-electron chi connectivity index (χ0n) is 12.5. The number of hydrogen-bond acceptors (Lipinski definition) is 3. The highest BCUT2D eigenvalue weighted by molar-refractivity contribution is 7.89. The molecule has 9 heteroatoms. The Kier molecular flexibility index (Phi) is 4.44. The quantitative estimate of drug-likeness (QED) is 0.737. The van der Waals surface area contributed by atoms with E-state index in [4.69, 9.17) is 11.6 Å². The summed E-state index contributed by atoms with van der Waals surface area (Å²) in [7, 11) is -4.14. The van der Waals surface area contributed by atoms with Gasteiger partial charge in [0, 0.05) is 17.5 Å². The first-order valence-corrected chi connectivity index (χ1v) is 9.77. The molecule has 0 radical (unpaired) electrons. The second-order valence-electron chi connectivity index (χ2n) is 5.48. The lowest BCUT2D eigenvalue weighted by Gasteiger charge is -2.32. The minimum absolute atomic E-state index is 0.212. The third-order valence-corrected chi connectivity index (χ3v) is 7.51. The van der Waals surface area contributed by atoms with Crippen LogP contribution in [0.1, 0.15) is 29.0 Å². The van der Waals surface area contributed by atoms with Gasteiger partial charge >= 0.3 is 6.18 Å². The lowest BCUT2D eigenvalue weighted by Crippen LogP contribution is -2.38. The molecule has 2 heterocycles. The zero-order chi connectivity index (χ0) is 17.7. The van der Waals surface area contributed by atoms with Gasteiger partial charge in [-0.2, -0.15) is 17.5 Å². The average Bonchev–Trinajstić information content (AvgIpc) is 2.95.